The van der Waals surface area contributed by atoms with Crippen LogP contribution < -0.4 is 0 Å². The molecule has 0 saturated carbocycles. The van der Waals surface area contributed by atoms with E-state index in [0.717, 1.165) is 6.04 Å². The Labute approximate surface area is 273 Å². The highest BCUT2D eigenvalue weighted by molar-refractivity contribution is 6.60. The lowest BCUT2D eigenvalue weighted by atomic mass is 10.0. The molecule has 0 saturated heterocycles. The van der Waals surface area contributed by atoms with Crippen molar-refractivity contribution in [1.29, 1.82) is 0 Å². The minimum absolute atomic E-state index is 0.683. The molecule has 0 fully saturated rings. The molecule has 4 nitrogen and oxygen atoms in total. The van der Waals surface area contributed by atoms with Gasteiger partial charge in [-0.3, -0.25) is 0 Å². The van der Waals surface area contributed by atoms with E-state index in [4.69, 9.17) is 13.3 Å². The Bertz CT molecular complexity index is 528. The van der Waals surface area contributed by atoms with Crippen LogP contribution in [0.1, 0.15) is 195 Å². The standard InChI is InChI=1S/C38H82NO3Si/c1-7-11-12-13-14-15-16-17-18-19-20-21-24-27-30-33-36-39(5,6)37-34-31-28-25-22-23-26-29-32-35-38-43(40-8-2,41-9-3)42-10-4/h7-38H2,1-6H3/q+1. The SMILES string of the molecule is CCCCCCCCCCCCCCCCCC[N+](C)(C)CCCCCCCCCCCC[Si](OCC)(OCC)OCC. The lowest BCUT2D eigenvalue weighted by Crippen LogP contribution is -2.45. The van der Waals surface area contributed by atoms with Gasteiger partial charge in [0, 0.05) is 25.9 Å². The van der Waals surface area contributed by atoms with E-state index in [1.54, 1.807) is 0 Å². The zero-order valence-corrected chi connectivity index (χ0v) is 31.8. The van der Waals surface area contributed by atoms with E-state index in [-0.39, 0.29) is 0 Å². The molecule has 0 heterocycles. The molecule has 0 aliphatic carbocycles. The Kier molecular flexibility index (Phi) is 32.1. The number of nitrogens with zero attached hydrogens (tertiary/aromatic N) is 1. The van der Waals surface area contributed by atoms with Crippen molar-refractivity contribution >= 4 is 8.80 Å². The first-order valence-electron chi connectivity index (χ1n) is 19.7. The average Bonchev–Trinajstić information content (AvgIpc) is 2.98. The lowest BCUT2D eigenvalue weighted by Gasteiger charge is -2.30. The maximum atomic E-state index is 5.98. The van der Waals surface area contributed by atoms with Crippen molar-refractivity contribution in [3.8, 4) is 0 Å². The van der Waals surface area contributed by atoms with E-state index in [2.05, 4.69) is 21.0 Å². The molecule has 0 N–H and O–H groups in total. The summed E-state index contributed by atoms with van der Waals surface area (Å²) in [7, 11) is 2.48. The van der Waals surface area contributed by atoms with Gasteiger partial charge in [-0.05, 0) is 52.9 Å². The van der Waals surface area contributed by atoms with Gasteiger partial charge in [-0.25, -0.2) is 0 Å². The van der Waals surface area contributed by atoms with E-state index in [9.17, 15) is 0 Å². The molecule has 0 radical (unpaired) electrons. The molecular formula is C38H82NO3Si+. The maximum absolute atomic E-state index is 5.98. The number of quaternary nitrogens is 1. The van der Waals surface area contributed by atoms with Gasteiger partial charge in [-0.2, -0.15) is 0 Å². The molecule has 0 atom stereocenters. The minimum Gasteiger partial charge on any atom is -0.374 e. The van der Waals surface area contributed by atoms with Crippen LogP contribution in [0.3, 0.4) is 0 Å². The van der Waals surface area contributed by atoms with Crippen LogP contribution in [-0.2, 0) is 13.3 Å². The Morgan fingerprint density at radius 2 is 0.605 bits per heavy atom. The van der Waals surface area contributed by atoms with Crippen LogP contribution in [0.25, 0.3) is 0 Å². The van der Waals surface area contributed by atoms with Gasteiger partial charge < -0.3 is 17.8 Å². The Morgan fingerprint density at radius 1 is 0.349 bits per heavy atom. The van der Waals surface area contributed by atoms with E-state index in [1.807, 2.05) is 20.8 Å². The van der Waals surface area contributed by atoms with E-state index < -0.39 is 8.80 Å². The third kappa shape index (κ3) is 29.2. The van der Waals surface area contributed by atoms with E-state index >= 15 is 0 Å². The second kappa shape index (κ2) is 32.0. The molecule has 5 heteroatoms. The van der Waals surface area contributed by atoms with Gasteiger partial charge >= 0.3 is 8.80 Å². The highest BCUT2D eigenvalue weighted by Crippen LogP contribution is 2.21. The van der Waals surface area contributed by atoms with Crippen molar-refractivity contribution in [1.82, 2.24) is 0 Å². The van der Waals surface area contributed by atoms with Gasteiger partial charge in [0.05, 0.1) is 27.2 Å². The molecule has 0 aliphatic rings. The largest absolute Gasteiger partial charge is 0.500 e. The van der Waals surface area contributed by atoms with Crippen molar-refractivity contribution < 1.29 is 17.8 Å². The molecule has 0 spiro atoms. The minimum atomic E-state index is -2.43. The van der Waals surface area contributed by atoms with Gasteiger partial charge in [0.1, 0.15) is 0 Å². The van der Waals surface area contributed by atoms with Gasteiger partial charge in [-0.1, -0.05) is 142 Å². The highest BCUT2D eigenvalue weighted by atomic mass is 28.4. The van der Waals surface area contributed by atoms with Crippen LogP contribution in [0.2, 0.25) is 6.04 Å². The summed E-state index contributed by atoms with van der Waals surface area (Å²) in [5, 5.41) is 0. The van der Waals surface area contributed by atoms with Crippen LogP contribution >= 0.6 is 0 Å². The number of hydrogen-bond donors (Lipinski definition) is 0. The summed E-state index contributed by atoms with van der Waals surface area (Å²) in [6.45, 7) is 13.2. The monoisotopic (exact) mass is 629 g/mol. The predicted molar refractivity (Wildman–Crippen MR) is 193 cm³/mol. The third-order valence-corrected chi connectivity index (χ3v) is 12.4. The normalized spacial score (nSPS) is 12.4. The molecule has 0 aliphatic heterocycles. The molecule has 0 aromatic rings. The number of unbranched alkanes of at least 4 members (excludes halogenated alkanes) is 24. The second-order valence-corrected chi connectivity index (χ2v) is 16.7. The quantitative estimate of drug-likeness (QED) is 0.0392. The first-order valence-corrected chi connectivity index (χ1v) is 21.6. The first kappa shape index (κ1) is 43.1. The van der Waals surface area contributed by atoms with E-state index in [0.29, 0.717) is 19.8 Å². The van der Waals surface area contributed by atoms with Gasteiger partial charge in [0.2, 0.25) is 0 Å². The Balaban J connectivity index is 3.49. The van der Waals surface area contributed by atoms with Gasteiger partial charge in [0.15, 0.2) is 0 Å². The molecule has 0 aromatic heterocycles. The molecule has 43 heavy (non-hydrogen) atoms. The summed E-state index contributed by atoms with van der Waals surface area (Å²) in [4.78, 5) is 0. The fourth-order valence-corrected chi connectivity index (χ4v) is 9.18. The summed E-state index contributed by atoms with van der Waals surface area (Å²) >= 11 is 0. The molecule has 0 amide bonds. The molecule has 0 aromatic carbocycles. The predicted octanol–water partition coefficient (Wildman–Crippen LogP) is 12.3. The smallest absolute Gasteiger partial charge is 0.374 e. The maximum Gasteiger partial charge on any atom is 0.500 e. The first-order chi connectivity index (χ1) is 20.9. The van der Waals surface area contributed by atoms with Crippen molar-refractivity contribution in [2.24, 2.45) is 0 Å². The van der Waals surface area contributed by atoms with Crippen LogP contribution in [0.4, 0.5) is 0 Å². The Morgan fingerprint density at radius 3 is 0.884 bits per heavy atom. The number of hydrogen-bond acceptors (Lipinski definition) is 3. The van der Waals surface area contributed by atoms with Gasteiger partial charge in [0.25, 0.3) is 0 Å². The molecular weight excluding hydrogens is 547 g/mol. The summed E-state index contributed by atoms with van der Waals surface area (Å²) in [6.07, 6.45) is 36.9. The molecule has 0 unspecified atom stereocenters. The zero-order chi connectivity index (χ0) is 31.7. The third-order valence-electron chi connectivity index (χ3n) is 9.21. The number of rotatable bonds is 36. The molecule has 260 valence electrons. The molecule has 0 bridgehead atoms. The van der Waals surface area contributed by atoms with Crippen molar-refractivity contribution in [3.63, 3.8) is 0 Å². The van der Waals surface area contributed by atoms with Crippen LogP contribution in [0.5, 0.6) is 0 Å². The average molecular weight is 629 g/mol. The van der Waals surface area contributed by atoms with Crippen molar-refractivity contribution in [3.05, 3.63) is 0 Å². The molecule has 0 rings (SSSR count). The summed E-state index contributed by atoms with van der Waals surface area (Å²) in [5.74, 6) is 0. The topological polar surface area (TPSA) is 27.7 Å². The second-order valence-electron chi connectivity index (χ2n) is 14.0. The summed E-state index contributed by atoms with van der Waals surface area (Å²) in [5.41, 5.74) is 0. The Hall–Kier alpha value is 0.0569. The fourth-order valence-electron chi connectivity index (χ4n) is 6.50. The van der Waals surface area contributed by atoms with Crippen molar-refractivity contribution in [2.45, 2.75) is 201 Å². The van der Waals surface area contributed by atoms with Gasteiger partial charge in [-0.15, -0.1) is 0 Å². The fraction of sp³-hybridized carbons (Fsp3) is 1.00. The van der Waals surface area contributed by atoms with Crippen molar-refractivity contribution in [2.75, 3.05) is 47.0 Å². The summed E-state index contributed by atoms with van der Waals surface area (Å²) < 4.78 is 19.2. The van der Waals surface area contributed by atoms with Crippen LogP contribution in [-0.4, -0.2) is 60.3 Å². The lowest BCUT2D eigenvalue weighted by molar-refractivity contribution is -0.890. The van der Waals surface area contributed by atoms with E-state index in [1.165, 1.54) is 185 Å². The van der Waals surface area contributed by atoms with Crippen LogP contribution in [0.15, 0.2) is 0 Å². The summed E-state index contributed by atoms with van der Waals surface area (Å²) in [6, 6.07) is 0.969. The van der Waals surface area contributed by atoms with Crippen LogP contribution in [0, 0.1) is 0 Å². The highest BCUT2D eigenvalue weighted by Gasteiger charge is 2.39. The zero-order valence-electron chi connectivity index (χ0n) is 30.8.